The second-order valence-corrected chi connectivity index (χ2v) is 12.1. The molecule has 4 saturated carbocycles. The average molecular weight is 511 g/mol. The summed E-state index contributed by atoms with van der Waals surface area (Å²) in [6, 6.07) is 0. The summed E-state index contributed by atoms with van der Waals surface area (Å²) in [6.45, 7) is 6.05. The highest BCUT2D eigenvalue weighted by Crippen LogP contribution is 2.70. The first-order valence-electron chi connectivity index (χ1n) is 13.3. The number of rotatable bonds is 6. The van der Waals surface area contributed by atoms with Gasteiger partial charge in [0, 0.05) is 38.0 Å². The first-order chi connectivity index (χ1) is 16.8. The van der Waals surface area contributed by atoms with E-state index in [1.54, 1.807) is 0 Å². The second kappa shape index (κ2) is 9.55. The van der Waals surface area contributed by atoms with E-state index in [-0.39, 0.29) is 43.4 Å². The summed E-state index contributed by atoms with van der Waals surface area (Å²) >= 11 is 0. The van der Waals surface area contributed by atoms with Crippen LogP contribution in [-0.2, 0) is 28.6 Å². The first-order valence-corrected chi connectivity index (χ1v) is 13.3. The number of carbonyl (C=O) groups is 3. The van der Waals surface area contributed by atoms with Gasteiger partial charge in [-0.05, 0) is 69.1 Å². The quantitative estimate of drug-likeness (QED) is 0.363. The van der Waals surface area contributed by atoms with E-state index in [1.807, 2.05) is 6.92 Å². The number of aliphatic hydroxyl groups excluding tert-OH is 1. The minimum Gasteiger partial charge on any atom is -0.465 e. The summed E-state index contributed by atoms with van der Waals surface area (Å²) in [5, 5.41) is 35.3. The van der Waals surface area contributed by atoms with E-state index < -0.39 is 46.2 Å². The summed E-state index contributed by atoms with van der Waals surface area (Å²) in [7, 11) is 0. The van der Waals surface area contributed by atoms with Crippen LogP contribution in [0.2, 0.25) is 0 Å². The number of carbonyl (C=O) groups excluding carboxylic acids is 3. The predicted octanol–water partition coefficient (Wildman–Crippen LogP) is 2.27. The van der Waals surface area contributed by atoms with Crippen molar-refractivity contribution in [1.82, 2.24) is 0 Å². The van der Waals surface area contributed by atoms with Crippen molar-refractivity contribution in [1.29, 1.82) is 0 Å². The number of aliphatic hydroxyl groups is 3. The van der Waals surface area contributed by atoms with Crippen molar-refractivity contribution in [3.63, 3.8) is 0 Å². The number of hydrogen-bond donors (Lipinski definition) is 3. The normalized spacial score (nSPS) is 44.4. The number of ether oxygens (including phenoxy) is 3. The fourth-order valence-corrected chi connectivity index (χ4v) is 8.83. The largest absolute Gasteiger partial charge is 0.465 e. The highest BCUT2D eigenvalue weighted by atomic mass is 16.5. The molecule has 0 aromatic heterocycles. The summed E-state index contributed by atoms with van der Waals surface area (Å²) in [4.78, 5) is 34.8. The molecule has 36 heavy (non-hydrogen) atoms. The van der Waals surface area contributed by atoms with Gasteiger partial charge in [-0.3, -0.25) is 14.4 Å². The Morgan fingerprint density at radius 2 is 1.53 bits per heavy atom. The Balaban J connectivity index is 1.64. The van der Waals surface area contributed by atoms with E-state index in [0.29, 0.717) is 51.4 Å². The Morgan fingerprint density at radius 3 is 2.17 bits per heavy atom. The van der Waals surface area contributed by atoms with Gasteiger partial charge >= 0.3 is 17.9 Å². The molecule has 0 saturated heterocycles. The fourth-order valence-electron chi connectivity index (χ4n) is 8.83. The average Bonchev–Trinajstić information content (AvgIpc) is 3.06. The van der Waals surface area contributed by atoms with Gasteiger partial charge < -0.3 is 29.5 Å². The molecule has 0 aliphatic heterocycles. The Morgan fingerprint density at radius 1 is 0.861 bits per heavy atom. The summed E-state index contributed by atoms with van der Waals surface area (Å²) in [6.07, 6.45) is 3.61. The van der Waals surface area contributed by atoms with Crippen molar-refractivity contribution < 1.29 is 43.9 Å². The van der Waals surface area contributed by atoms with Gasteiger partial charge in [-0.1, -0.05) is 6.92 Å². The van der Waals surface area contributed by atoms with Crippen LogP contribution in [0.3, 0.4) is 0 Å². The first kappa shape index (κ1) is 27.3. The molecule has 0 bridgehead atoms. The third kappa shape index (κ3) is 4.25. The van der Waals surface area contributed by atoms with E-state index >= 15 is 0 Å². The zero-order chi connectivity index (χ0) is 26.5. The van der Waals surface area contributed by atoms with Crippen LogP contribution in [0.15, 0.2) is 0 Å². The molecule has 9 heteroatoms. The lowest BCUT2D eigenvalue weighted by Crippen LogP contribution is -2.69. The molecule has 3 N–H and O–H groups in total. The number of hydrogen-bond acceptors (Lipinski definition) is 9. The van der Waals surface area contributed by atoms with Crippen molar-refractivity contribution in [2.24, 2.45) is 28.6 Å². The van der Waals surface area contributed by atoms with Crippen LogP contribution >= 0.6 is 0 Å². The molecular weight excluding hydrogens is 468 g/mol. The maximum absolute atomic E-state index is 12.3. The minimum atomic E-state index is -1.18. The van der Waals surface area contributed by atoms with Crippen LogP contribution in [0.25, 0.3) is 0 Å². The molecule has 4 rings (SSSR count). The monoisotopic (exact) mass is 510 g/mol. The minimum absolute atomic E-state index is 0.0676. The number of esters is 3. The predicted molar refractivity (Wildman–Crippen MR) is 127 cm³/mol. The van der Waals surface area contributed by atoms with Crippen molar-refractivity contribution in [3.05, 3.63) is 0 Å². The topological polar surface area (TPSA) is 140 Å². The maximum atomic E-state index is 12.3. The Hall–Kier alpha value is -1.71. The van der Waals surface area contributed by atoms with Crippen molar-refractivity contribution in [2.45, 2.75) is 109 Å². The smallest absolute Gasteiger partial charge is 0.302 e. The van der Waals surface area contributed by atoms with Crippen LogP contribution in [0.4, 0.5) is 0 Å². The van der Waals surface area contributed by atoms with E-state index in [4.69, 9.17) is 14.2 Å². The molecule has 0 heterocycles. The standard InChI is InChI=1S/C27H42O9/c1-16(28)34-14-23(31)22-8-12-27(33)21-7-11-26(32)13-19(36-18(3)30)5-10-25(26,15-35-17(2)29)20(21)6-9-24(22,27)4/h19-23,31-33H,5-15H2,1-4H3/t19-,20+,21-,22-,23+,24-,25-,26+,27-/m0/s1. The third-order valence-electron chi connectivity index (χ3n) is 10.5. The molecule has 0 aromatic carbocycles. The van der Waals surface area contributed by atoms with E-state index in [9.17, 15) is 29.7 Å². The van der Waals surface area contributed by atoms with Crippen LogP contribution in [0.5, 0.6) is 0 Å². The lowest BCUT2D eigenvalue weighted by molar-refractivity contribution is -0.274. The van der Waals surface area contributed by atoms with Gasteiger partial charge in [-0.15, -0.1) is 0 Å². The van der Waals surface area contributed by atoms with Gasteiger partial charge in [0.05, 0.1) is 23.9 Å². The molecular formula is C27H42O9. The summed E-state index contributed by atoms with van der Waals surface area (Å²) in [5.41, 5.74) is -3.56. The molecule has 0 radical (unpaired) electrons. The second-order valence-electron chi connectivity index (χ2n) is 12.1. The maximum Gasteiger partial charge on any atom is 0.302 e. The van der Waals surface area contributed by atoms with Gasteiger partial charge in [0.15, 0.2) is 0 Å². The SMILES string of the molecule is CC(=O)OC[C@@H](O)[C@@H]1CC[C@]2(O)[C@H]3CC[C@@]4(O)C[C@@H](OC(C)=O)CC[C@]4(COC(C)=O)[C@@H]3CC[C@@]12C. The van der Waals surface area contributed by atoms with E-state index in [1.165, 1.54) is 20.8 Å². The van der Waals surface area contributed by atoms with E-state index in [2.05, 4.69) is 0 Å². The fraction of sp³-hybridized carbons (Fsp3) is 0.889. The summed E-state index contributed by atoms with van der Waals surface area (Å²) in [5.74, 6) is -1.67. The molecule has 204 valence electrons. The Kier molecular flexibility index (Phi) is 7.25. The Bertz CT molecular complexity index is 890. The van der Waals surface area contributed by atoms with Crippen LogP contribution in [-0.4, -0.2) is 69.9 Å². The van der Waals surface area contributed by atoms with Crippen LogP contribution in [0.1, 0.15) is 85.5 Å². The van der Waals surface area contributed by atoms with Gasteiger partial charge in [0.1, 0.15) is 12.7 Å². The zero-order valence-corrected chi connectivity index (χ0v) is 22.0. The molecule has 4 aliphatic carbocycles. The lowest BCUT2D eigenvalue weighted by atomic mass is 9.41. The van der Waals surface area contributed by atoms with Gasteiger partial charge in [0.2, 0.25) is 0 Å². The third-order valence-corrected chi connectivity index (χ3v) is 10.5. The van der Waals surface area contributed by atoms with Crippen molar-refractivity contribution in [3.8, 4) is 0 Å². The number of fused-ring (bicyclic) bond motifs is 5. The molecule has 0 spiro atoms. The van der Waals surface area contributed by atoms with Crippen LogP contribution < -0.4 is 0 Å². The lowest BCUT2D eigenvalue weighted by Gasteiger charge is -2.66. The van der Waals surface area contributed by atoms with Gasteiger partial charge in [-0.2, -0.15) is 0 Å². The molecule has 4 fully saturated rings. The highest BCUT2D eigenvalue weighted by Gasteiger charge is 2.72. The molecule has 0 aromatic rings. The Labute approximate surface area is 212 Å². The van der Waals surface area contributed by atoms with Gasteiger partial charge in [0.25, 0.3) is 0 Å². The van der Waals surface area contributed by atoms with Crippen molar-refractivity contribution in [2.75, 3.05) is 13.2 Å². The zero-order valence-electron chi connectivity index (χ0n) is 22.0. The molecule has 0 amide bonds. The molecule has 9 atom stereocenters. The van der Waals surface area contributed by atoms with Crippen molar-refractivity contribution >= 4 is 17.9 Å². The van der Waals surface area contributed by atoms with Crippen LogP contribution in [0, 0.1) is 28.6 Å². The molecule has 9 nitrogen and oxygen atoms in total. The van der Waals surface area contributed by atoms with E-state index in [0.717, 1.165) is 0 Å². The highest BCUT2D eigenvalue weighted by molar-refractivity contribution is 5.66. The molecule has 0 unspecified atom stereocenters. The van der Waals surface area contributed by atoms with Gasteiger partial charge in [-0.25, -0.2) is 0 Å². The molecule has 4 aliphatic rings. The summed E-state index contributed by atoms with van der Waals surface area (Å²) < 4.78 is 16.1.